The molecule has 2 aromatic heterocycles. The average molecular weight is 649 g/mol. The molecular formula is C31H32ClF3N4O6. The molecule has 0 unspecified atom stereocenters. The number of alkyl carbamates (subject to hydrolysis) is 1. The zero-order chi connectivity index (χ0) is 33.1. The molecule has 0 bridgehead atoms. The highest BCUT2D eigenvalue weighted by atomic mass is 35.5. The van der Waals surface area contributed by atoms with Gasteiger partial charge in [0.15, 0.2) is 11.5 Å². The Balaban J connectivity index is 1.83. The lowest BCUT2D eigenvalue weighted by molar-refractivity contribution is -0.140. The highest BCUT2D eigenvalue weighted by molar-refractivity contribution is 6.30. The minimum atomic E-state index is -4.70. The molecule has 0 saturated heterocycles. The number of rotatable bonds is 9. The van der Waals surface area contributed by atoms with Gasteiger partial charge in [-0.3, -0.25) is 4.79 Å². The van der Waals surface area contributed by atoms with Crippen molar-refractivity contribution in [2.24, 2.45) is 0 Å². The van der Waals surface area contributed by atoms with Crippen LogP contribution in [0.1, 0.15) is 61.2 Å². The fourth-order valence-electron chi connectivity index (χ4n) is 4.48. The van der Waals surface area contributed by atoms with E-state index in [9.17, 15) is 27.9 Å². The van der Waals surface area contributed by atoms with Crippen molar-refractivity contribution in [3.63, 3.8) is 0 Å². The number of hydrogen-bond donors (Lipinski definition) is 2. The fourth-order valence-corrected chi connectivity index (χ4v) is 4.60. The number of hydrogen-bond acceptors (Lipinski definition) is 8. The first-order valence-corrected chi connectivity index (χ1v) is 14.2. The molecule has 2 amide bonds. The molecule has 4 aromatic rings. The number of pyridine rings is 1. The van der Waals surface area contributed by atoms with E-state index in [1.807, 2.05) is 0 Å². The van der Waals surface area contributed by atoms with Crippen LogP contribution in [0, 0.1) is 0 Å². The standard InChI is InChI=1S/C31H32ClF3N4O6/c1-17(36-29(42)45-30(2,3)4)26-25(28(41)39(14-15-40)16-18-6-8-19(32)9-7-18)38-27(44-26)21-10-12-22(43-5)24-20(21)11-13-23(37-24)31(33,34)35/h6-13,17,40H,14-16H2,1-5H3,(H,36,42)/t17-/m1/s1. The summed E-state index contributed by atoms with van der Waals surface area (Å²) in [6.45, 7) is 6.29. The highest BCUT2D eigenvalue weighted by Crippen LogP contribution is 2.38. The minimum absolute atomic E-state index is 0.0382. The van der Waals surface area contributed by atoms with Crippen LogP contribution in [0.4, 0.5) is 18.0 Å². The number of benzene rings is 2. The normalized spacial score (nSPS) is 12.6. The predicted molar refractivity (Wildman–Crippen MR) is 160 cm³/mol. The second-order valence-electron chi connectivity index (χ2n) is 11.1. The van der Waals surface area contributed by atoms with Gasteiger partial charge in [-0.2, -0.15) is 13.2 Å². The number of oxazole rings is 1. The molecular weight excluding hydrogens is 617 g/mol. The largest absolute Gasteiger partial charge is 0.494 e. The molecule has 1 atom stereocenters. The molecule has 0 spiro atoms. The van der Waals surface area contributed by atoms with Crippen LogP contribution in [-0.4, -0.2) is 57.8 Å². The summed E-state index contributed by atoms with van der Waals surface area (Å²) in [6.07, 6.45) is -5.48. The van der Waals surface area contributed by atoms with Crippen molar-refractivity contribution in [3.05, 3.63) is 76.3 Å². The smallest absolute Gasteiger partial charge is 0.433 e. The first kappa shape index (κ1) is 33.5. The van der Waals surface area contributed by atoms with Crippen LogP contribution < -0.4 is 10.1 Å². The number of ether oxygens (including phenoxy) is 2. The lowest BCUT2D eigenvalue weighted by Gasteiger charge is -2.23. The molecule has 10 nitrogen and oxygen atoms in total. The van der Waals surface area contributed by atoms with Gasteiger partial charge in [-0.15, -0.1) is 0 Å². The lowest BCUT2D eigenvalue weighted by atomic mass is 10.1. The SMILES string of the molecule is COc1ccc(-c2nc(C(=O)N(CCO)Cc3ccc(Cl)cc3)c([C@@H](C)NC(=O)OC(C)(C)C)o2)c2ccc(C(F)(F)F)nc12. The van der Waals surface area contributed by atoms with Crippen molar-refractivity contribution in [1.29, 1.82) is 0 Å². The van der Waals surface area contributed by atoms with Gasteiger partial charge in [0, 0.05) is 29.1 Å². The third kappa shape index (κ3) is 8.03. The van der Waals surface area contributed by atoms with Gasteiger partial charge < -0.3 is 29.2 Å². The number of halogens is 4. The number of methoxy groups -OCH3 is 1. The van der Waals surface area contributed by atoms with E-state index >= 15 is 0 Å². The third-order valence-electron chi connectivity index (χ3n) is 6.49. The Morgan fingerprint density at radius 2 is 1.76 bits per heavy atom. The topological polar surface area (TPSA) is 127 Å². The molecule has 240 valence electrons. The number of aliphatic hydroxyl groups excluding tert-OH is 1. The summed E-state index contributed by atoms with van der Waals surface area (Å²) in [4.78, 5) is 36.2. The summed E-state index contributed by atoms with van der Waals surface area (Å²) < 4.78 is 57.2. The Kier molecular flexibility index (Phi) is 9.93. The molecule has 0 aliphatic carbocycles. The summed E-state index contributed by atoms with van der Waals surface area (Å²) in [5.41, 5.74) is -1.26. The lowest BCUT2D eigenvalue weighted by Crippen LogP contribution is -2.36. The van der Waals surface area contributed by atoms with Crippen molar-refractivity contribution in [1.82, 2.24) is 20.2 Å². The van der Waals surface area contributed by atoms with E-state index in [2.05, 4.69) is 15.3 Å². The maximum atomic E-state index is 14.0. The number of carbonyl (C=O) groups is 2. The summed E-state index contributed by atoms with van der Waals surface area (Å²) >= 11 is 6.00. The van der Waals surface area contributed by atoms with Crippen LogP contribution in [0.15, 0.2) is 52.9 Å². The van der Waals surface area contributed by atoms with Crippen LogP contribution in [0.5, 0.6) is 5.75 Å². The number of aliphatic hydroxyl groups is 1. The van der Waals surface area contributed by atoms with Gasteiger partial charge in [0.25, 0.3) is 5.91 Å². The van der Waals surface area contributed by atoms with Crippen molar-refractivity contribution >= 4 is 34.5 Å². The Hall–Kier alpha value is -4.36. The number of aromatic nitrogens is 2. The molecule has 45 heavy (non-hydrogen) atoms. The van der Waals surface area contributed by atoms with E-state index < -0.39 is 35.5 Å². The fraction of sp³-hybridized carbons (Fsp3) is 0.355. The quantitative estimate of drug-likeness (QED) is 0.203. The van der Waals surface area contributed by atoms with Gasteiger partial charge in [-0.25, -0.2) is 14.8 Å². The monoisotopic (exact) mass is 648 g/mol. The van der Waals surface area contributed by atoms with E-state index in [0.29, 0.717) is 5.02 Å². The van der Waals surface area contributed by atoms with Crippen molar-refractivity contribution < 1.29 is 41.8 Å². The van der Waals surface area contributed by atoms with E-state index in [4.69, 9.17) is 25.5 Å². The molecule has 2 heterocycles. The van der Waals surface area contributed by atoms with Gasteiger partial charge in [0.2, 0.25) is 5.89 Å². The average Bonchev–Trinajstić information content (AvgIpc) is 3.41. The van der Waals surface area contributed by atoms with Crippen molar-refractivity contribution in [3.8, 4) is 17.2 Å². The van der Waals surface area contributed by atoms with Crippen LogP contribution >= 0.6 is 11.6 Å². The number of amides is 2. The Morgan fingerprint density at radius 3 is 2.36 bits per heavy atom. The van der Waals surface area contributed by atoms with Crippen LogP contribution in [0.2, 0.25) is 5.02 Å². The van der Waals surface area contributed by atoms with Gasteiger partial charge in [-0.05, 0) is 69.7 Å². The molecule has 2 N–H and O–H groups in total. The van der Waals surface area contributed by atoms with Crippen LogP contribution in [0.3, 0.4) is 0 Å². The Bertz CT molecular complexity index is 1690. The molecule has 0 saturated carbocycles. The molecule has 4 rings (SSSR count). The second-order valence-corrected chi connectivity index (χ2v) is 11.5. The molecule has 0 aliphatic rings. The van der Waals surface area contributed by atoms with E-state index in [-0.39, 0.29) is 59.3 Å². The van der Waals surface area contributed by atoms with E-state index in [1.54, 1.807) is 52.0 Å². The van der Waals surface area contributed by atoms with Gasteiger partial charge in [0.1, 0.15) is 22.6 Å². The Labute approximate surface area is 262 Å². The number of nitrogens with zero attached hydrogens (tertiary/aromatic N) is 3. The molecule has 14 heteroatoms. The summed E-state index contributed by atoms with van der Waals surface area (Å²) in [5.74, 6) is -0.698. The predicted octanol–water partition coefficient (Wildman–Crippen LogP) is 6.79. The van der Waals surface area contributed by atoms with Gasteiger partial charge >= 0.3 is 12.3 Å². The van der Waals surface area contributed by atoms with Crippen molar-refractivity contribution in [2.75, 3.05) is 20.3 Å². The van der Waals surface area contributed by atoms with Crippen LogP contribution in [0.25, 0.3) is 22.4 Å². The van der Waals surface area contributed by atoms with Gasteiger partial charge in [-0.1, -0.05) is 23.7 Å². The zero-order valence-corrected chi connectivity index (χ0v) is 25.9. The second kappa shape index (κ2) is 13.3. The number of nitrogens with one attached hydrogen (secondary N) is 1. The molecule has 0 radical (unpaired) electrons. The van der Waals surface area contributed by atoms with Crippen LogP contribution in [-0.2, 0) is 17.5 Å². The molecule has 0 fully saturated rings. The summed E-state index contributed by atoms with van der Waals surface area (Å²) in [6, 6.07) is 10.8. The first-order valence-electron chi connectivity index (χ1n) is 13.8. The highest BCUT2D eigenvalue weighted by Gasteiger charge is 2.34. The summed E-state index contributed by atoms with van der Waals surface area (Å²) in [5, 5.41) is 13.1. The molecule has 0 aliphatic heterocycles. The molecule has 2 aromatic carbocycles. The number of carbonyl (C=O) groups excluding carboxylic acids is 2. The van der Waals surface area contributed by atoms with E-state index in [0.717, 1.165) is 11.6 Å². The Morgan fingerprint density at radius 1 is 1.07 bits per heavy atom. The van der Waals surface area contributed by atoms with E-state index in [1.165, 1.54) is 30.2 Å². The number of alkyl halides is 3. The minimum Gasteiger partial charge on any atom is -0.494 e. The summed E-state index contributed by atoms with van der Waals surface area (Å²) in [7, 11) is 1.30. The number of fused-ring (bicyclic) bond motifs is 1. The third-order valence-corrected chi connectivity index (χ3v) is 6.74. The van der Waals surface area contributed by atoms with Crippen molar-refractivity contribution in [2.45, 2.75) is 52.1 Å². The maximum absolute atomic E-state index is 14.0. The van der Waals surface area contributed by atoms with Gasteiger partial charge in [0.05, 0.1) is 19.8 Å². The maximum Gasteiger partial charge on any atom is 0.433 e. The zero-order valence-electron chi connectivity index (χ0n) is 25.2. The first-order chi connectivity index (χ1) is 21.1.